The lowest BCUT2D eigenvalue weighted by atomic mass is 10.1. The first kappa shape index (κ1) is 24.7. The van der Waals surface area contributed by atoms with Gasteiger partial charge in [0.25, 0.3) is 0 Å². The van der Waals surface area contributed by atoms with E-state index in [0.717, 1.165) is 56.9 Å². The van der Waals surface area contributed by atoms with Gasteiger partial charge in [-0.25, -0.2) is 0 Å². The van der Waals surface area contributed by atoms with Gasteiger partial charge in [-0.2, -0.15) is 0 Å². The Bertz CT molecular complexity index is 1470. The number of aryl methyl sites for hydroxylation is 2. The van der Waals surface area contributed by atoms with Crippen molar-refractivity contribution in [3.63, 3.8) is 0 Å². The van der Waals surface area contributed by atoms with Crippen LogP contribution >= 0.6 is 0 Å². The molecule has 0 atom stereocenters. The van der Waals surface area contributed by atoms with E-state index in [4.69, 9.17) is 19.0 Å². The summed E-state index contributed by atoms with van der Waals surface area (Å²) in [6, 6.07) is 16.5. The molecule has 5 rings (SSSR count). The van der Waals surface area contributed by atoms with Crippen molar-refractivity contribution in [2.24, 2.45) is 5.16 Å². The molecule has 1 N–H and O–H groups in total. The van der Waals surface area contributed by atoms with Crippen molar-refractivity contribution in [3.05, 3.63) is 76.3 Å². The molecule has 7 heteroatoms. The fraction of sp³-hybridized carbons (Fsp3) is 0.300. The molecule has 0 bridgehead atoms. The minimum Gasteiger partial charge on any atom is -0.493 e. The summed E-state index contributed by atoms with van der Waals surface area (Å²) in [5.74, 6) is 2.12. The number of benzene rings is 3. The first-order valence-corrected chi connectivity index (χ1v) is 12.4. The molecule has 4 aromatic rings. The Morgan fingerprint density at radius 2 is 1.57 bits per heavy atom. The highest BCUT2D eigenvalue weighted by Gasteiger charge is 2.32. The number of hydrogen-bond donors (Lipinski definition) is 1. The van der Waals surface area contributed by atoms with Crippen LogP contribution in [0, 0.1) is 13.8 Å². The lowest BCUT2D eigenvalue weighted by molar-refractivity contribution is 0.131. The number of rotatable bonds is 9. The van der Waals surface area contributed by atoms with Crippen molar-refractivity contribution in [3.8, 4) is 28.5 Å². The number of H-pyrrole nitrogens is 1. The van der Waals surface area contributed by atoms with Crippen LogP contribution in [-0.2, 0) is 11.4 Å². The molecule has 192 valence electrons. The highest BCUT2D eigenvalue weighted by molar-refractivity contribution is 6.30. The van der Waals surface area contributed by atoms with Crippen LogP contribution in [0.2, 0.25) is 0 Å². The number of oxime groups is 1. The summed E-state index contributed by atoms with van der Waals surface area (Å²) in [4.78, 5) is 11.6. The Balaban J connectivity index is 1.57. The smallest absolute Gasteiger partial charge is 0.161 e. The molecule has 0 radical (unpaired) electrons. The Labute approximate surface area is 217 Å². The third-order valence-corrected chi connectivity index (χ3v) is 6.53. The van der Waals surface area contributed by atoms with Gasteiger partial charge in [0.1, 0.15) is 24.7 Å². The Kier molecular flexibility index (Phi) is 6.80. The summed E-state index contributed by atoms with van der Waals surface area (Å²) in [6.07, 6.45) is 0. The fourth-order valence-corrected chi connectivity index (χ4v) is 4.89. The molecule has 0 aliphatic heterocycles. The van der Waals surface area contributed by atoms with Gasteiger partial charge in [0.15, 0.2) is 11.5 Å². The number of nitrogens with zero attached hydrogens (tertiary/aromatic N) is 2. The summed E-state index contributed by atoms with van der Waals surface area (Å²) in [5.41, 5.74) is 9.14. The molecule has 0 fully saturated rings. The molecule has 1 aromatic heterocycles. The zero-order valence-electron chi connectivity index (χ0n) is 22.3. The van der Waals surface area contributed by atoms with Gasteiger partial charge in [0.2, 0.25) is 0 Å². The van der Waals surface area contributed by atoms with Gasteiger partial charge in [0.05, 0.1) is 19.9 Å². The highest BCUT2D eigenvalue weighted by Crippen LogP contribution is 2.46. The van der Waals surface area contributed by atoms with E-state index < -0.39 is 0 Å². The van der Waals surface area contributed by atoms with Crippen LogP contribution < -0.4 is 14.2 Å². The van der Waals surface area contributed by atoms with Crippen molar-refractivity contribution in [2.45, 2.75) is 20.5 Å². The van der Waals surface area contributed by atoms with E-state index in [1.807, 2.05) is 38.4 Å². The SMILES string of the molecule is COc1cc2c(cc1OC)-c1[nH]c3ccc(OCCN(C)C)cc3c1C2=NOCc1cc(C)cc(C)c1. The Morgan fingerprint density at radius 1 is 0.865 bits per heavy atom. The molecule has 0 spiro atoms. The predicted octanol–water partition coefficient (Wildman–Crippen LogP) is 5.69. The van der Waals surface area contributed by atoms with Gasteiger partial charge in [-0.3, -0.25) is 0 Å². The van der Waals surface area contributed by atoms with Gasteiger partial charge in [-0.1, -0.05) is 34.5 Å². The molecule has 1 heterocycles. The van der Waals surface area contributed by atoms with Gasteiger partial charge in [-0.05, 0) is 63.8 Å². The van der Waals surface area contributed by atoms with Crippen LogP contribution in [0.25, 0.3) is 22.2 Å². The minimum atomic E-state index is 0.380. The van der Waals surface area contributed by atoms with E-state index >= 15 is 0 Å². The molecule has 1 aliphatic carbocycles. The van der Waals surface area contributed by atoms with Gasteiger partial charge in [0, 0.05) is 34.1 Å². The molecule has 37 heavy (non-hydrogen) atoms. The van der Waals surface area contributed by atoms with Crippen LogP contribution in [0.3, 0.4) is 0 Å². The maximum absolute atomic E-state index is 6.03. The van der Waals surface area contributed by atoms with E-state index in [1.165, 1.54) is 11.1 Å². The number of hydrogen-bond acceptors (Lipinski definition) is 6. The van der Waals surface area contributed by atoms with E-state index in [0.29, 0.717) is 24.7 Å². The largest absolute Gasteiger partial charge is 0.493 e. The first-order chi connectivity index (χ1) is 17.9. The fourth-order valence-electron chi connectivity index (χ4n) is 4.89. The molecular formula is C30H33N3O4. The number of methoxy groups -OCH3 is 2. The van der Waals surface area contributed by atoms with Crippen molar-refractivity contribution < 1.29 is 19.0 Å². The lowest BCUT2D eigenvalue weighted by Gasteiger charge is -2.12. The molecule has 0 saturated heterocycles. The Hall–Kier alpha value is -3.97. The second kappa shape index (κ2) is 10.2. The maximum Gasteiger partial charge on any atom is 0.161 e. The zero-order valence-corrected chi connectivity index (χ0v) is 22.3. The number of fused-ring (bicyclic) bond motifs is 5. The molecule has 7 nitrogen and oxygen atoms in total. The molecule has 0 amide bonds. The number of ether oxygens (including phenoxy) is 3. The lowest BCUT2D eigenvalue weighted by Crippen LogP contribution is -2.19. The number of aromatic nitrogens is 1. The number of aromatic amines is 1. The first-order valence-electron chi connectivity index (χ1n) is 12.4. The normalized spacial score (nSPS) is 13.2. The molecule has 0 unspecified atom stereocenters. The summed E-state index contributed by atoms with van der Waals surface area (Å²) in [7, 11) is 7.35. The monoisotopic (exact) mass is 499 g/mol. The minimum absolute atomic E-state index is 0.380. The zero-order chi connectivity index (χ0) is 26.1. The second-order valence-corrected chi connectivity index (χ2v) is 9.70. The topological polar surface area (TPSA) is 68.3 Å². The van der Waals surface area contributed by atoms with Crippen molar-refractivity contribution in [1.29, 1.82) is 0 Å². The third-order valence-electron chi connectivity index (χ3n) is 6.53. The van der Waals surface area contributed by atoms with Crippen LogP contribution in [0.1, 0.15) is 27.8 Å². The standard InChI is InChI=1S/C30H33N3O4/c1-18-11-19(2)13-20(12-18)17-37-32-30-23-16-27(35-6)26(34-5)15-22(23)29-28(30)24-14-21(7-8-25(24)31-29)36-10-9-33(3)4/h7-8,11-16,31H,9-10,17H2,1-6H3. The summed E-state index contributed by atoms with van der Waals surface area (Å²) < 4.78 is 17.2. The molecular weight excluding hydrogens is 466 g/mol. The predicted molar refractivity (Wildman–Crippen MR) is 147 cm³/mol. The summed E-state index contributed by atoms with van der Waals surface area (Å²) in [6.45, 7) is 6.01. The second-order valence-electron chi connectivity index (χ2n) is 9.70. The summed E-state index contributed by atoms with van der Waals surface area (Å²) >= 11 is 0. The van der Waals surface area contributed by atoms with Crippen LogP contribution in [0.15, 0.2) is 53.7 Å². The Morgan fingerprint density at radius 3 is 2.24 bits per heavy atom. The van der Waals surface area contributed by atoms with E-state index in [2.05, 4.69) is 53.2 Å². The van der Waals surface area contributed by atoms with E-state index in [9.17, 15) is 0 Å². The third kappa shape index (κ3) is 4.87. The average molecular weight is 500 g/mol. The highest BCUT2D eigenvalue weighted by atomic mass is 16.6. The van der Waals surface area contributed by atoms with Crippen molar-refractivity contribution in [2.75, 3.05) is 41.5 Å². The average Bonchev–Trinajstić information content (AvgIpc) is 3.37. The van der Waals surface area contributed by atoms with Crippen LogP contribution in [0.4, 0.5) is 0 Å². The molecule has 1 aliphatic rings. The van der Waals surface area contributed by atoms with Gasteiger partial charge in [-0.15, -0.1) is 0 Å². The van der Waals surface area contributed by atoms with Gasteiger partial charge >= 0.3 is 0 Å². The van der Waals surface area contributed by atoms with Gasteiger partial charge < -0.3 is 28.9 Å². The van der Waals surface area contributed by atoms with Crippen LogP contribution in [-0.4, -0.2) is 57.1 Å². The van der Waals surface area contributed by atoms with Crippen LogP contribution in [0.5, 0.6) is 17.2 Å². The molecule has 3 aromatic carbocycles. The maximum atomic E-state index is 6.03. The van der Waals surface area contributed by atoms with Crippen molar-refractivity contribution in [1.82, 2.24) is 9.88 Å². The van der Waals surface area contributed by atoms with E-state index in [-0.39, 0.29) is 0 Å². The number of nitrogens with one attached hydrogen (secondary N) is 1. The number of likely N-dealkylation sites (N-methyl/N-ethyl adjacent to an activating group) is 1. The summed E-state index contributed by atoms with van der Waals surface area (Å²) in [5, 5.41) is 5.71. The van der Waals surface area contributed by atoms with Crippen molar-refractivity contribution >= 4 is 16.6 Å². The molecule has 0 saturated carbocycles. The van der Waals surface area contributed by atoms with E-state index in [1.54, 1.807) is 14.2 Å². The quantitative estimate of drug-likeness (QED) is 0.264.